The molecule has 1 atom stereocenters. The van der Waals surface area contributed by atoms with E-state index in [1.165, 1.54) is 0 Å². The van der Waals surface area contributed by atoms with Crippen LogP contribution in [0.4, 0.5) is 4.79 Å². The van der Waals surface area contributed by atoms with Crippen molar-refractivity contribution in [1.29, 1.82) is 0 Å². The zero-order valence-electron chi connectivity index (χ0n) is 17.8. The summed E-state index contributed by atoms with van der Waals surface area (Å²) < 4.78 is 5.77. The van der Waals surface area contributed by atoms with Crippen LogP contribution in [0, 0.1) is 5.92 Å². The Hall–Kier alpha value is -3.09. The number of amides is 3. The van der Waals surface area contributed by atoms with Gasteiger partial charge in [-0.05, 0) is 42.9 Å². The van der Waals surface area contributed by atoms with Crippen LogP contribution >= 0.6 is 0 Å². The van der Waals surface area contributed by atoms with Crippen LogP contribution in [-0.4, -0.2) is 52.9 Å². The van der Waals surface area contributed by atoms with Gasteiger partial charge in [0.1, 0.15) is 6.61 Å². The van der Waals surface area contributed by atoms with Crippen molar-refractivity contribution in [2.75, 3.05) is 26.2 Å². The van der Waals surface area contributed by atoms with E-state index in [-0.39, 0.29) is 17.9 Å². The lowest BCUT2D eigenvalue weighted by Crippen LogP contribution is -2.49. The third-order valence-corrected chi connectivity index (χ3v) is 5.93. The first-order valence-electron chi connectivity index (χ1n) is 11.1. The normalized spacial score (nSPS) is 18.6. The van der Waals surface area contributed by atoms with E-state index >= 15 is 0 Å². The van der Waals surface area contributed by atoms with Crippen LogP contribution in [0.3, 0.4) is 0 Å². The number of hydrogen-bond donors (Lipinski definition) is 1. The van der Waals surface area contributed by atoms with Crippen LogP contribution in [0.5, 0.6) is 5.88 Å². The molecule has 0 unspecified atom stereocenters. The van der Waals surface area contributed by atoms with Gasteiger partial charge in [-0.3, -0.25) is 4.79 Å². The quantitative estimate of drug-likeness (QED) is 0.776. The SMILES string of the molecule is O=C(NCc1ccnc(OCc2ccccc2)c1)[C@@H]1CCCN(C(=O)N2CCCC2)C1. The number of ether oxygens (including phenoxy) is 1. The average molecular weight is 423 g/mol. The number of nitrogens with zero attached hydrogens (tertiary/aromatic N) is 3. The Kier molecular flexibility index (Phi) is 7.02. The van der Waals surface area contributed by atoms with Crippen molar-refractivity contribution in [1.82, 2.24) is 20.1 Å². The Morgan fingerprint density at radius 2 is 1.77 bits per heavy atom. The minimum atomic E-state index is -0.157. The van der Waals surface area contributed by atoms with Gasteiger partial charge in [0, 0.05) is 45.0 Å². The van der Waals surface area contributed by atoms with Gasteiger partial charge in [0.25, 0.3) is 0 Å². The summed E-state index contributed by atoms with van der Waals surface area (Å²) in [6, 6.07) is 13.8. The number of benzene rings is 1. The average Bonchev–Trinajstić information content (AvgIpc) is 3.37. The molecule has 1 N–H and O–H groups in total. The van der Waals surface area contributed by atoms with Gasteiger partial charge >= 0.3 is 6.03 Å². The Morgan fingerprint density at radius 1 is 1.00 bits per heavy atom. The minimum absolute atomic E-state index is 0.00230. The topological polar surface area (TPSA) is 74.8 Å². The summed E-state index contributed by atoms with van der Waals surface area (Å²) in [5.74, 6) is 0.383. The summed E-state index contributed by atoms with van der Waals surface area (Å²) in [5.41, 5.74) is 2.01. The predicted molar refractivity (Wildman–Crippen MR) is 117 cm³/mol. The molecule has 31 heavy (non-hydrogen) atoms. The summed E-state index contributed by atoms with van der Waals surface area (Å²) in [6.45, 7) is 3.78. The highest BCUT2D eigenvalue weighted by atomic mass is 16.5. The molecule has 2 aliphatic rings. The molecule has 0 bridgehead atoms. The highest BCUT2D eigenvalue weighted by Gasteiger charge is 2.31. The van der Waals surface area contributed by atoms with E-state index < -0.39 is 0 Å². The Morgan fingerprint density at radius 3 is 2.58 bits per heavy atom. The van der Waals surface area contributed by atoms with Crippen molar-refractivity contribution in [2.45, 2.75) is 38.8 Å². The standard InChI is InChI=1S/C24H30N4O3/c29-23(21-9-6-14-28(17-21)24(30)27-12-4-5-13-27)26-16-20-10-11-25-22(15-20)31-18-19-7-2-1-3-8-19/h1-3,7-8,10-11,15,21H,4-6,9,12-14,16-18H2,(H,26,29)/t21-/m1/s1. The molecule has 0 radical (unpaired) electrons. The van der Waals surface area contributed by atoms with Crippen LogP contribution in [0.25, 0.3) is 0 Å². The van der Waals surface area contributed by atoms with Crippen LogP contribution < -0.4 is 10.1 Å². The van der Waals surface area contributed by atoms with E-state index in [1.54, 1.807) is 6.20 Å². The fourth-order valence-corrected chi connectivity index (χ4v) is 4.18. The van der Waals surface area contributed by atoms with Crippen molar-refractivity contribution < 1.29 is 14.3 Å². The second kappa shape index (κ2) is 10.3. The fraction of sp³-hybridized carbons (Fsp3) is 0.458. The monoisotopic (exact) mass is 422 g/mol. The summed E-state index contributed by atoms with van der Waals surface area (Å²) in [5, 5.41) is 3.02. The van der Waals surface area contributed by atoms with Crippen LogP contribution in [0.2, 0.25) is 0 Å². The van der Waals surface area contributed by atoms with E-state index in [0.29, 0.717) is 25.6 Å². The number of piperidine rings is 1. The zero-order chi connectivity index (χ0) is 21.5. The van der Waals surface area contributed by atoms with E-state index in [0.717, 1.165) is 56.4 Å². The van der Waals surface area contributed by atoms with Gasteiger partial charge in [-0.2, -0.15) is 0 Å². The molecule has 7 heteroatoms. The van der Waals surface area contributed by atoms with E-state index in [4.69, 9.17) is 4.74 Å². The summed E-state index contributed by atoms with van der Waals surface area (Å²) in [6.07, 6.45) is 5.53. The van der Waals surface area contributed by atoms with Gasteiger partial charge in [-0.15, -0.1) is 0 Å². The second-order valence-electron chi connectivity index (χ2n) is 8.26. The molecule has 0 saturated carbocycles. The van der Waals surface area contributed by atoms with Gasteiger partial charge < -0.3 is 19.9 Å². The first-order valence-corrected chi connectivity index (χ1v) is 11.1. The van der Waals surface area contributed by atoms with E-state index in [1.807, 2.05) is 52.3 Å². The molecule has 0 aliphatic carbocycles. The first kappa shape index (κ1) is 21.2. The zero-order valence-corrected chi connectivity index (χ0v) is 17.8. The van der Waals surface area contributed by atoms with E-state index in [9.17, 15) is 9.59 Å². The minimum Gasteiger partial charge on any atom is -0.473 e. The Bertz CT molecular complexity index is 883. The predicted octanol–water partition coefficient (Wildman–Crippen LogP) is 3.20. The molecule has 2 aliphatic heterocycles. The molecule has 4 rings (SSSR count). The molecule has 7 nitrogen and oxygen atoms in total. The number of carbonyl (C=O) groups excluding carboxylic acids is 2. The highest BCUT2D eigenvalue weighted by Crippen LogP contribution is 2.20. The number of rotatable bonds is 6. The summed E-state index contributed by atoms with van der Waals surface area (Å²) in [7, 11) is 0. The van der Waals surface area contributed by atoms with Gasteiger partial charge in [-0.25, -0.2) is 9.78 Å². The number of aromatic nitrogens is 1. The van der Waals surface area contributed by atoms with Gasteiger partial charge in [-0.1, -0.05) is 30.3 Å². The number of hydrogen-bond acceptors (Lipinski definition) is 4. The lowest BCUT2D eigenvalue weighted by Gasteiger charge is -2.34. The molecule has 0 spiro atoms. The third-order valence-electron chi connectivity index (χ3n) is 5.93. The van der Waals surface area contributed by atoms with Crippen LogP contribution in [-0.2, 0) is 17.9 Å². The maximum absolute atomic E-state index is 12.7. The molecule has 3 amide bonds. The van der Waals surface area contributed by atoms with Gasteiger partial charge in [0.05, 0.1) is 5.92 Å². The molecule has 164 valence electrons. The Labute approximate surface area is 183 Å². The second-order valence-corrected chi connectivity index (χ2v) is 8.26. The van der Waals surface area contributed by atoms with Crippen molar-refractivity contribution in [2.24, 2.45) is 5.92 Å². The number of likely N-dealkylation sites (tertiary alicyclic amines) is 2. The molecule has 1 aromatic carbocycles. The summed E-state index contributed by atoms with van der Waals surface area (Å²) >= 11 is 0. The van der Waals surface area contributed by atoms with Crippen molar-refractivity contribution in [3.05, 3.63) is 59.8 Å². The molecule has 2 fully saturated rings. The molecule has 1 aromatic heterocycles. The van der Waals surface area contributed by atoms with Crippen molar-refractivity contribution in [3.63, 3.8) is 0 Å². The molecule has 2 aromatic rings. The number of pyridine rings is 1. The van der Waals surface area contributed by atoms with Gasteiger partial charge in [0.15, 0.2) is 0 Å². The van der Waals surface area contributed by atoms with Crippen molar-refractivity contribution in [3.8, 4) is 5.88 Å². The van der Waals surface area contributed by atoms with Gasteiger partial charge in [0.2, 0.25) is 11.8 Å². The Balaban J connectivity index is 1.26. The lowest BCUT2D eigenvalue weighted by atomic mass is 9.97. The molecular formula is C24H30N4O3. The number of carbonyl (C=O) groups is 2. The maximum atomic E-state index is 12.7. The van der Waals surface area contributed by atoms with E-state index in [2.05, 4.69) is 10.3 Å². The molecular weight excluding hydrogens is 392 g/mol. The molecule has 2 saturated heterocycles. The largest absolute Gasteiger partial charge is 0.473 e. The maximum Gasteiger partial charge on any atom is 0.320 e. The third kappa shape index (κ3) is 5.75. The van der Waals surface area contributed by atoms with Crippen LogP contribution in [0.15, 0.2) is 48.7 Å². The number of urea groups is 1. The smallest absolute Gasteiger partial charge is 0.320 e. The molecule has 3 heterocycles. The lowest BCUT2D eigenvalue weighted by molar-refractivity contribution is -0.126. The number of nitrogens with one attached hydrogen (secondary N) is 1. The summed E-state index contributed by atoms with van der Waals surface area (Å²) in [4.78, 5) is 33.4. The van der Waals surface area contributed by atoms with Crippen molar-refractivity contribution >= 4 is 11.9 Å². The highest BCUT2D eigenvalue weighted by molar-refractivity contribution is 5.81. The fourth-order valence-electron chi connectivity index (χ4n) is 4.18. The van der Waals surface area contributed by atoms with Crippen LogP contribution in [0.1, 0.15) is 36.8 Å². The first-order chi connectivity index (χ1) is 15.2.